The summed E-state index contributed by atoms with van der Waals surface area (Å²) in [6.07, 6.45) is 2.71. The Morgan fingerprint density at radius 2 is 2.21 bits per heavy atom. The molecule has 1 rings (SSSR count). The highest BCUT2D eigenvalue weighted by Crippen LogP contribution is 2.29. The second-order valence-corrected chi connectivity index (χ2v) is 3.75. The minimum absolute atomic E-state index is 0.179. The van der Waals surface area contributed by atoms with E-state index in [1.807, 2.05) is 0 Å². The van der Waals surface area contributed by atoms with E-state index < -0.39 is 18.6 Å². The van der Waals surface area contributed by atoms with Gasteiger partial charge in [-0.3, -0.25) is 4.98 Å². The van der Waals surface area contributed by atoms with E-state index in [1.165, 1.54) is 18.5 Å². The number of aromatic nitrogens is 1. The molecule has 1 aromatic heterocycles. The van der Waals surface area contributed by atoms with Crippen LogP contribution in [0.2, 0.25) is 0 Å². The van der Waals surface area contributed by atoms with Gasteiger partial charge in [-0.1, -0.05) is 0 Å². The van der Waals surface area contributed by atoms with Gasteiger partial charge >= 0.3 is 0 Å². The van der Waals surface area contributed by atoms with Gasteiger partial charge in [0.25, 0.3) is 5.92 Å². The van der Waals surface area contributed by atoms with Gasteiger partial charge in [0.05, 0.1) is 6.04 Å². The van der Waals surface area contributed by atoms with E-state index in [2.05, 4.69) is 20.9 Å². The maximum Gasteiger partial charge on any atom is 0.289 e. The number of pyridine rings is 1. The lowest BCUT2D eigenvalue weighted by molar-refractivity contribution is -0.0712. The fraction of sp³-hybridized carbons (Fsp3) is 0.375. The van der Waals surface area contributed by atoms with Crippen LogP contribution in [0.3, 0.4) is 0 Å². The van der Waals surface area contributed by atoms with E-state index in [4.69, 9.17) is 10.8 Å². The average molecular weight is 267 g/mol. The largest absolute Gasteiger partial charge is 0.390 e. The molecule has 1 atom stereocenters. The van der Waals surface area contributed by atoms with Crippen LogP contribution in [-0.4, -0.2) is 22.6 Å². The fourth-order valence-corrected chi connectivity index (χ4v) is 1.32. The molecular formula is C8H9BrF2N2O. The second-order valence-electron chi connectivity index (χ2n) is 2.83. The van der Waals surface area contributed by atoms with Crippen molar-refractivity contribution in [2.75, 3.05) is 6.61 Å². The summed E-state index contributed by atoms with van der Waals surface area (Å²) >= 11 is 3.09. The average Bonchev–Trinajstić information content (AvgIpc) is 2.16. The van der Waals surface area contributed by atoms with Crippen molar-refractivity contribution in [3.8, 4) is 0 Å². The first-order chi connectivity index (χ1) is 6.47. The first kappa shape index (κ1) is 11.5. The van der Waals surface area contributed by atoms with Crippen molar-refractivity contribution in [3.05, 3.63) is 28.5 Å². The van der Waals surface area contributed by atoms with Crippen molar-refractivity contribution in [1.29, 1.82) is 0 Å². The molecule has 0 aliphatic carbocycles. The summed E-state index contributed by atoms with van der Waals surface area (Å²) in [7, 11) is 0. The van der Waals surface area contributed by atoms with Crippen LogP contribution >= 0.6 is 15.9 Å². The van der Waals surface area contributed by atoms with Gasteiger partial charge in [0.2, 0.25) is 0 Å². The topological polar surface area (TPSA) is 59.1 Å². The van der Waals surface area contributed by atoms with Crippen molar-refractivity contribution in [2.45, 2.75) is 12.0 Å². The number of aliphatic hydroxyl groups is 1. The van der Waals surface area contributed by atoms with Crippen LogP contribution in [0, 0.1) is 0 Å². The quantitative estimate of drug-likeness (QED) is 0.871. The highest BCUT2D eigenvalue weighted by molar-refractivity contribution is 9.10. The van der Waals surface area contributed by atoms with Gasteiger partial charge in [-0.05, 0) is 27.6 Å². The Balaban J connectivity index is 2.94. The third kappa shape index (κ3) is 2.46. The van der Waals surface area contributed by atoms with Crippen LogP contribution < -0.4 is 5.73 Å². The Bertz CT molecular complexity index is 322. The summed E-state index contributed by atoms with van der Waals surface area (Å²) in [5, 5.41) is 8.43. The lowest BCUT2D eigenvalue weighted by atomic mass is 10.0. The van der Waals surface area contributed by atoms with Gasteiger partial charge in [0.1, 0.15) is 6.61 Å². The zero-order valence-electron chi connectivity index (χ0n) is 7.12. The molecule has 0 radical (unpaired) electrons. The number of hydrogen-bond acceptors (Lipinski definition) is 3. The van der Waals surface area contributed by atoms with E-state index in [0.29, 0.717) is 4.47 Å². The fourth-order valence-electron chi connectivity index (χ4n) is 0.941. The van der Waals surface area contributed by atoms with Crippen LogP contribution in [0.25, 0.3) is 0 Å². The second kappa shape index (κ2) is 4.29. The van der Waals surface area contributed by atoms with Gasteiger partial charge < -0.3 is 10.8 Å². The lowest BCUT2D eigenvalue weighted by Gasteiger charge is -2.21. The third-order valence-corrected chi connectivity index (χ3v) is 2.18. The maximum atomic E-state index is 12.9. The lowest BCUT2D eigenvalue weighted by Crippen LogP contribution is -2.36. The molecule has 0 fully saturated rings. The Morgan fingerprint density at radius 3 is 2.71 bits per heavy atom. The molecule has 0 aliphatic heterocycles. The van der Waals surface area contributed by atoms with E-state index >= 15 is 0 Å². The first-order valence-corrected chi connectivity index (χ1v) is 4.61. The van der Waals surface area contributed by atoms with Gasteiger partial charge in [0.15, 0.2) is 0 Å². The molecule has 1 heterocycles. The Labute approximate surface area is 88.1 Å². The summed E-state index contributed by atoms with van der Waals surface area (Å²) in [6.45, 7) is -1.28. The minimum atomic E-state index is -3.33. The van der Waals surface area contributed by atoms with Crippen molar-refractivity contribution < 1.29 is 13.9 Å². The standard InChI is InChI=1S/C8H9BrF2N2O/c9-6-1-5(2-13-3-6)7(12)8(10,11)4-14/h1-3,7,14H,4,12H2/t7-/m1/s1. The van der Waals surface area contributed by atoms with Gasteiger partial charge in [0, 0.05) is 16.9 Å². The molecular weight excluding hydrogens is 258 g/mol. The molecule has 0 saturated carbocycles. The first-order valence-electron chi connectivity index (χ1n) is 3.82. The Hall–Kier alpha value is -0.590. The molecule has 0 aliphatic rings. The zero-order chi connectivity index (χ0) is 10.8. The van der Waals surface area contributed by atoms with Crippen LogP contribution in [-0.2, 0) is 0 Å². The molecule has 0 unspecified atom stereocenters. The number of nitrogens with zero attached hydrogens (tertiary/aromatic N) is 1. The molecule has 1 aromatic rings. The number of aliphatic hydroxyl groups excluding tert-OH is 1. The highest BCUT2D eigenvalue weighted by atomic mass is 79.9. The number of alkyl halides is 2. The SMILES string of the molecule is N[C@H](c1cncc(Br)c1)C(F)(F)CO. The summed E-state index contributed by atoms with van der Waals surface area (Å²) in [4.78, 5) is 3.71. The highest BCUT2D eigenvalue weighted by Gasteiger charge is 2.37. The smallest absolute Gasteiger partial charge is 0.289 e. The molecule has 3 N–H and O–H groups in total. The normalized spacial score (nSPS) is 14.1. The van der Waals surface area contributed by atoms with Crippen LogP contribution in [0.1, 0.15) is 11.6 Å². The third-order valence-electron chi connectivity index (χ3n) is 1.75. The predicted molar refractivity (Wildman–Crippen MR) is 50.9 cm³/mol. The van der Waals surface area contributed by atoms with Gasteiger partial charge in [-0.25, -0.2) is 8.78 Å². The van der Waals surface area contributed by atoms with Crippen molar-refractivity contribution >= 4 is 15.9 Å². The molecule has 6 heteroatoms. The van der Waals surface area contributed by atoms with E-state index in [-0.39, 0.29) is 5.56 Å². The maximum absolute atomic E-state index is 12.9. The molecule has 0 amide bonds. The summed E-state index contributed by atoms with van der Waals surface area (Å²) in [5.74, 6) is -3.33. The van der Waals surface area contributed by atoms with Crippen molar-refractivity contribution in [2.24, 2.45) is 5.73 Å². The molecule has 0 saturated heterocycles. The van der Waals surface area contributed by atoms with Gasteiger partial charge in [-0.15, -0.1) is 0 Å². The van der Waals surface area contributed by atoms with Crippen LogP contribution in [0.5, 0.6) is 0 Å². The van der Waals surface area contributed by atoms with Crippen LogP contribution in [0.4, 0.5) is 8.78 Å². The summed E-state index contributed by atoms with van der Waals surface area (Å²) in [5.41, 5.74) is 5.46. The number of hydrogen-bond donors (Lipinski definition) is 2. The van der Waals surface area contributed by atoms with Crippen molar-refractivity contribution in [1.82, 2.24) is 4.98 Å². The van der Waals surface area contributed by atoms with Gasteiger partial charge in [-0.2, -0.15) is 0 Å². The van der Waals surface area contributed by atoms with Crippen LogP contribution in [0.15, 0.2) is 22.9 Å². The summed E-state index contributed by atoms with van der Waals surface area (Å²) < 4.78 is 26.5. The van der Waals surface area contributed by atoms with Crippen molar-refractivity contribution in [3.63, 3.8) is 0 Å². The molecule has 3 nitrogen and oxygen atoms in total. The molecule has 14 heavy (non-hydrogen) atoms. The molecule has 0 spiro atoms. The summed E-state index contributed by atoms with van der Waals surface area (Å²) in [6, 6.07) is -0.0983. The number of nitrogens with two attached hydrogens (primary N) is 1. The Morgan fingerprint density at radius 1 is 1.57 bits per heavy atom. The Kier molecular flexibility index (Phi) is 3.52. The van der Waals surface area contributed by atoms with E-state index in [9.17, 15) is 8.78 Å². The predicted octanol–water partition coefficient (Wildman–Crippen LogP) is 1.47. The zero-order valence-corrected chi connectivity index (χ0v) is 8.71. The molecule has 0 aromatic carbocycles. The number of rotatable bonds is 3. The monoisotopic (exact) mass is 266 g/mol. The number of halogens is 3. The van der Waals surface area contributed by atoms with E-state index in [0.717, 1.165) is 0 Å². The molecule has 0 bridgehead atoms. The molecule has 78 valence electrons. The minimum Gasteiger partial charge on any atom is -0.390 e. The van der Waals surface area contributed by atoms with E-state index in [1.54, 1.807) is 0 Å².